The molecule has 1 aliphatic rings. The monoisotopic (exact) mass is 290 g/mol. The van der Waals surface area contributed by atoms with E-state index < -0.39 is 11.3 Å². The van der Waals surface area contributed by atoms with E-state index in [9.17, 15) is 9.59 Å². The smallest absolute Gasteiger partial charge is 0.418 e. The number of nitrogens with zero attached hydrogens (tertiary/aromatic N) is 1. The van der Waals surface area contributed by atoms with Crippen molar-refractivity contribution in [2.45, 2.75) is 39.5 Å². The van der Waals surface area contributed by atoms with E-state index in [1.807, 2.05) is 6.92 Å². The van der Waals surface area contributed by atoms with Crippen LogP contribution in [0.3, 0.4) is 0 Å². The number of nitrogens with one attached hydrogen (secondary N) is 1. The Balaban J connectivity index is 0.00000324. The first kappa shape index (κ1) is 18.8. The third-order valence-corrected chi connectivity index (χ3v) is 3.71. The molecular weight excluding hydrogens is 271 g/mol. The SMILES string of the molecule is C=CC(C)C1(CCCCC)C(=O)[N-]C(=S)NC1=O.[Na+]. The molecule has 1 heterocycles. The van der Waals surface area contributed by atoms with Crippen LogP contribution in [0.5, 0.6) is 0 Å². The van der Waals surface area contributed by atoms with Crippen LogP contribution in [0.4, 0.5) is 0 Å². The number of carbonyl (C=O) groups excluding carboxylic acids is 2. The molecule has 0 spiro atoms. The molecule has 2 amide bonds. The van der Waals surface area contributed by atoms with Crippen LogP contribution in [-0.4, -0.2) is 16.9 Å². The summed E-state index contributed by atoms with van der Waals surface area (Å²) in [6.45, 7) is 7.59. The number of allylic oxidation sites excluding steroid dienone is 1. The van der Waals surface area contributed by atoms with Crippen molar-refractivity contribution in [3.05, 3.63) is 18.0 Å². The van der Waals surface area contributed by atoms with Crippen LogP contribution in [0.1, 0.15) is 39.5 Å². The summed E-state index contributed by atoms with van der Waals surface area (Å²) in [5, 5.41) is 6.21. The number of rotatable bonds is 6. The van der Waals surface area contributed by atoms with Gasteiger partial charge >= 0.3 is 29.6 Å². The van der Waals surface area contributed by atoms with Crippen LogP contribution in [0, 0.1) is 11.3 Å². The maximum absolute atomic E-state index is 12.2. The Labute approximate surface area is 142 Å². The Morgan fingerprint density at radius 1 is 1.47 bits per heavy atom. The van der Waals surface area contributed by atoms with Gasteiger partial charge in [0, 0.05) is 5.11 Å². The summed E-state index contributed by atoms with van der Waals surface area (Å²) in [6, 6.07) is 0. The summed E-state index contributed by atoms with van der Waals surface area (Å²) in [7, 11) is 0. The molecule has 1 aliphatic heterocycles. The molecule has 0 bridgehead atoms. The van der Waals surface area contributed by atoms with Gasteiger partial charge in [-0.15, -0.1) is 6.58 Å². The van der Waals surface area contributed by atoms with Crippen LogP contribution in [0.15, 0.2) is 12.7 Å². The normalized spacial score (nSPS) is 24.0. The van der Waals surface area contributed by atoms with Gasteiger partial charge in [0.1, 0.15) is 0 Å². The first-order chi connectivity index (χ1) is 8.48. The zero-order valence-electron chi connectivity index (χ0n) is 11.9. The van der Waals surface area contributed by atoms with Crippen LogP contribution in [-0.2, 0) is 9.59 Å². The fourth-order valence-corrected chi connectivity index (χ4v) is 2.41. The number of hydrogen-bond acceptors (Lipinski definition) is 3. The van der Waals surface area contributed by atoms with Gasteiger partial charge in [-0.3, -0.25) is 9.59 Å². The van der Waals surface area contributed by atoms with Crippen molar-refractivity contribution >= 4 is 29.1 Å². The topological polar surface area (TPSA) is 60.3 Å². The second-order valence-electron chi connectivity index (χ2n) is 4.63. The quantitative estimate of drug-likeness (QED) is 0.240. The summed E-state index contributed by atoms with van der Waals surface area (Å²) >= 11 is 4.78. The summed E-state index contributed by atoms with van der Waals surface area (Å²) in [6.07, 6.45) is 4.95. The minimum atomic E-state index is -1.13. The van der Waals surface area contributed by atoms with Crippen molar-refractivity contribution < 1.29 is 39.1 Å². The van der Waals surface area contributed by atoms with Crippen molar-refractivity contribution in [2.24, 2.45) is 11.3 Å². The van der Waals surface area contributed by atoms with Crippen LogP contribution < -0.4 is 34.9 Å². The number of carbonyl (C=O) groups is 2. The molecular formula is C13H19N2NaO2S. The molecule has 0 aromatic heterocycles. The van der Waals surface area contributed by atoms with E-state index in [0.717, 1.165) is 19.3 Å². The number of thiocarbonyl (C=S) groups is 1. The first-order valence-electron chi connectivity index (χ1n) is 6.23. The second kappa shape index (κ2) is 8.15. The molecule has 4 nitrogen and oxygen atoms in total. The van der Waals surface area contributed by atoms with Crippen LogP contribution in [0.2, 0.25) is 0 Å². The van der Waals surface area contributed by atoms with E-state index in [1.165, 1.54) is 0 Å². The van der Waals surface area contributed by atoms with E-state index in [0.29, 0.717) is 6.42 Å². The molecule has 6 heteroatoms. The fourth-order valence-electron chi connectivity index (χ4n) is 2.23. The molecule has 1 N–H and O–H groups in total. The zero-order chi connectivity index (χ0) is 13.8. The molecule has 0 aromatic rings. The molecule has 1 saturated heterocycles. The maximum atomic E-state index is 12.2. The van der Waals surface area contributed by atoms with Gasteiger partial charge < -0.3 is 10.6 Å². The van der Waals surface area contributed by atoms with E-state index in [1.54, 1.807) is 6.08 Å². The van der Waals surface area contributed by atoms with Gasteiger partial charge in [0.15, 0.2) is 11.8 Å². The van der Waals surface area contributed by atoms with Gasteiger partial charge in [-0.2, -0.15) is 0 Å². The van der Waals surface area contributed by atoms with Crippen LogP contribution >= 0.6 is 12.2 Å². The number of unbranched alkanes of at least 4 members (excludes halogenated alkanes) is 2. The Morgan fingerprint density at radius 2 is 2.11 bits per heavy atom. The second-order valence-corrected chi connectivity index (χ2v) is 5.02. The third kappa shape index (κ3) is 3.88. The molecule has 1 fully saturated rings. The molecule has 0 aliphatic carbocycles. The Hall–Kier alpha value is -0.230. The summed E-state index contributed by atoms with van der Waals surface area (Å²) in [5.74, 6) is -1.02. The summed E-state index contributed by atoms with van der Waals surface area (Å²) in [5.41, 5.74) is -1.13. The molecule has 19 heavy (non-hydrogen) atoms. The average Bonchev–Trinajstić information content (AvgIpc) is 2.32. The van der Waals surface area contributed by atoms with Gasteiger partial charge in [0.2, 0.25) is 0 Å². The largest absolute Gasteiger partial charge is 1.00 e. The molecule has 2 atom stereocenters. The van der Waals surface area contributed by atoms with Crippen molar-refractivity contribution in [3.8, 4) is 0 Å². The van der Waals surface area contributed by atoms with E-state index >= 15 is 0 Å². The van der Waals surface area contributed by atoms with E-state index in [2.05, 4.69) is 24.1 Å². The third-order valence-electron chi connectivity index (χ3n) is 3.52. The molecule has 0 radical (unpaired) electrons. The minimum absolute atomic E-state index is 0. The van der Waals surface area contributed by atoms with Crippen molar-refractivity contribution in [1.29, 1.82) is 0 Å². The predicted octanol–water partition coefficient (Wildman–Crippen LogP) is -0.306. The van der Waals surface area contributed by atoms with E-state index in [-0.39, 0.29) is 46.5 Å². The maximum Gasteiger partial charge on any atom is 1.00 e. The fraction of sp³-hybridized carbons (Fsp3) is 0.615. The van der Waals surface area contributed by atoms with Crippen molar-refractivity contribution in [1.82, 2.24) is 5.32 Å². The minimum Gasteiger partial charge on any atom is -0.418 e. The average molecular weight is 290 g/mol. The Kier molecular flexibility index (Phi) is 8.05. The van der Waals surface area contributed by atoms with Crippen molar-refractivity contribution in [3.63, 3.8) is 0 Å². The molecule has 1 rings (SSSR count). The van der Waals surface area contributed by atoms with Crippen molar-refractivity contribution in [2.75, 3.05) is 0 Å². The molecule has 100 valence electrons. The Morgan fingerprint density at radius 3 is 2.58 bits per heavy atom. The molecule has 0 aromatic carbocycles. The van der Waals surface area contributed by atoms with Gasteiger partial charge in [-0.1, -0.05) is 51.4 Å². The first-order valence-corrected chi connectivity index (χ1v) is 6.64. The Bertz CT molecular complexity index is 365. The molecule has 2 unspecified atom stereocenters. The number of hydrogen-bond donors (Lipinski definition) is 1. The van der Waals surface area contributed by atoms with Gasteiger partial charge in [-0.05, 0) is 12.3 Å². The number of amides is 2. The van der Waals surface area contributed by atoms with E-state index in [4.69, 9.17) is 12.2 Å². The zero-order valence-corrected chi connectivity index (χ0v) is 14.7. The molecule has 0 saturated carbocycles. The summed E-state index contributed by atoms with van der Waals surface area (Å²) in [4.78, 5) is 24.4. The summed E-state index contributed by atoms with van der Waals surface area (Å²) < 4.78 is 0. The van der Waals surface area contributed by atoms with Crippen LogP contribution in [0.25, 0.3) is 5.32 Å². The predicted molar refractivity (Wildman–Crippen MR) is 75.0 cm³/mol. The van der Waals surface area contributed by atoms with Gasteiger partial charge in [0.25, 0.3) is 0 Å². The standard InChI is InChI=1S/C13H20N2O2S.Na/c1-4-6-7-8-13(9(3)5-2)10(16)14-12(18)15-11(13)17;/h5,9H,2,4,6-8H2,1,3H3,(H2,14,15,16,17,18);/q;+1/p-1. The van der Waals surface area contributed by atoms with Gasteiger partial charge in [0.05, 0.1) is 5.41 Å². The van der Waals surface area contributed by atoms with Gasteiger partial charge in [-0.25, -0.2) is 0 Å².